The third-order valence-corrected chi connectivity index (χ3v) is 4.28. The third kappa shape index (κ3) is 4.14. The first-order valence-electron chi connectivity index (χ1n) is 7.92. The maximum absolute atomic E-state index is 13.3. The number of carbonyl (C=O) groups excluding carboxylic acids is 2. The minimum absolute atomic E-state index is 0.00995. The van der Waals surface area contributed by atoms with Gasteiger partial charge in [0.25, 0.3) is 5.91 Å². The lowest BCUT2D eigenvalue weighted by Gasteiger charge is -2.33. The van der Waals surface area contributed by atoms with Gasteiger partial charge in [0.15, 0.2) is 5.76 Å². The maximum Gasteiger partial charge on any atom is 0.317 e. The number of primary amides is 1. The standard InChI is InChI=1S/C17H17ClFN3O4/c18-12-7-10(1-3-13(12)19)15-9-22(5-6-25-15)17(24)21-8-11-2-4-14(26-11)16(20)23/h1-4,7,15H,5-6,8-9H2,(H2,20,23)(H,21,24)/t15-/m1/s1. The van der Waals surface area contributed by atoms with Gasteiger partial charge >= 0.3 is 6.03 Å². The van der Waals surface area contributed by atoms with Crippen molar-refractivity contribution < 1.29 is 23.1 Å². The highest BCUT2D eigenvalue weighted by atomic mass is 35.5. The Bertz CT molecular complexity index is 826. The fraction of sp³-hybridized carbons (Fsp3) is 0.294. The molecule has 1 aliphatic heterocycles. The predicted molar refractivity (Wildman–Crippen MR) is 91.1 cm³/mol. The van der Waals surface area contributed by atoms with Crippen molar-refractivity contribution in [2.45, 2.75) is 12.6 Å². The summed E-state index contributed by atoms with van der Waals surface area (Å²) in [5.74, 6) is -0.720. The molecule has 2 heterocycles. The predicted octanol–water partition coefficient (Wildman–Crippen LogP) is 2.45. The zero-order chi connectivity index (χ0) is 18.7. The van der Waals surface area contributed by atoms with Crippen molar-refractivity contribution in [3.63, 3.8) is 0 Å². The first kappa shape index (κ1) is 18.2. The summed E-state index contributed by atoms with van der Waals surface area (Å²) in [4.78, 5) is 24.9. The molecule has 26 heavy (non-hydrogen) atoms. The monoisotopic (exact) mass is 381 g/mol. The van der Waals surface area contributed by atoms with E-state index in [-0.39, 0.29) is 23.4 Å². The van der Waals surface area contributed by atoms with Gasteiger partial charge in [-0.1, -0.05) is 17.7 Å². The Morgan fingerprint density at radius 3 is 2.85 bits per heavy atom. The number of morpholine rings is 1. The van der Waals surface area contributed by atoms with Gasteiger partial charge in [-0.25, -0.2) is 9.18 Å². The van der Waals surface area contributed by atoms with E-state index in [2.05, 4.69) is 5.32 Å². The van der Waals surface area contributed by atoms with Crippen LogP contribution in [0.5, 0.6) is 0 Å². The topological polar surface area (TPSA) is 97.8 Å². The van der Waals surface area contributed by atoms with Crippen LogP contribution in [0.4, 0.5) is 9.18 Å². The second-order valence-electron chi connectivity index (χ2n) is 5.77. The minimum Gasteiger partial charge on any atom is -0.454 e. The smallest absolute Gasteiger partial charge is 0.317 e. The van der Waals surface area contributed by atoms with Crippen LogP contribution >= 0.6 is 11.6 Å². The highest BCUT2D eigenvalue weighted by Crippen LogP contribution is 2.26. The Morgan fingerprint density at radius 2 is 2.15 bits per heavy atom. The highest BCUT2D eigenvalue weighted by molar-refractivity contribution is 6.30. The molecule has 7 nitrogen and oxygen atoms in total. The van der Waals surface area contributed by atoms with Gasteiger partial charge in [0.05, 0.1) is 24.7 Å². The van der Waals surface area contributed by atoms with Crippen molar-refractivity contribution >= 4 is 23.5 Å². The molecule has 1 aromatic heterocycles. The molecule has 0 spiro atoms. The van der Waals surface area contributed by atoms with Crippen LogP contribution < -0.4 is 11.1 Å². The van der Waals surface area contributed by atoms with E-state index in [9.17, 15) is 14.0 Å². The second kappa shape index (κ2) is 7.76. The Morgan fingerprint density at radius 1 is 1.35 bits per heavy atom. The molecule has 1 saturated heterocycles. The molecule has 3 N–H and O–H groups in total. The Hall–Kier alpha value is -2.58. The molecule has 3 rings (SSSR count). The van der Waals surface area contributed by atoms with E-state index < -0.39 is 17.8 Å². The summed E-state index contributed by atoms with van der Waals surface area (Å²) in [7, 11) is 0. The molecule has 1 aliphatic rings. The van der Waals surface area contributed by atoms with Crippen LogP contribution in [0.1, 0.15) is 28.0 Å². The summed E-state index contributed by atoms with van der Waals surface area (Å²) < 4.78 is 24.2. The Labute approximate surface area is 153 Å². The molecule has 0 bridgehead atoms. The fourth-order valence-corrected chi connectivity index (χ4v) is 2.82. The molecule has 138 valence electrons. The lowest BCUT2D eigenvalue weighted by atomic mass is 10.1. The molecule has 1 aromatic carbocycles. The van der Waals surface area contributed by atoms with Crippen molar-refractivity contribution in [1.29, 1.82) is 0 Å². The van der Waals surface area contributed by atoms with E-state index in [0.29, 0.717) is 31.0 Å². The number of rotatable bonds is 4. The van der Waals surface area contributed by atoms with Gasteiger partial charge < -0.3 is 25.1 Å². The lowest BCUT2D eigenvalue weighted by Crippen LogP contribution is -2.46. The number of benzene rings is 1. The zero-order valence-corrected chi connectivity index (χ0v) is 14.5. The van der Waals surface area contributed by atoms with Crippen LogP contribution in [0, 0.1) is 5.82 Å². The molecule has 0 saturated carbocycles. The van der Waals surface area contributed by atoms with Gasteiger partial charge in [-0.05, 0) is 29.8 Å². The van der Waals surface area contributed by atoms with Crippen molar-refractivity contribution in [2.75, 3.05) is 19.7 Å². The number of furan rings is 1. The van der Waals surface area contributed by atoms with E-state index in [0.717, 1.165) is 0 Å². The number of hydrogen-bond acceptors (Lipinski definition) is 4. The largest absolute Gasteiger partial charge is 0.454 e. The molecule has 0 radical (unpaired) electrons. The minimum atomic E-state index is -0.670. The van der Waals surface area contributed by atoms with Crippen LogP contribution in [-0.4, -0.2) is 36.5 Å². The van der Waals surface area contributed by atoms with E-state index in [1.54, 1.807) is 17.0 Å². The average Bonchev–Trinajstić information content (AvgIpc) is 3.11. The highest BCUT2D eigenvalue weighted by Gasteiger charge is 2.26. The molecule has 9 heteroatoms. The van der Waals surface area contributed by atoms with Crippen molar-refractivity contribution in [3.8, 4) is 0 Å². The molecule has 3 amide bonds. The van der Waals surface area contributed by atoms with Crippen LogP contribution in [0.3, 0.4) is 0 Å². The van der Waals surface area contributed by atoms with Gasteiger partial charge in [0, 0.05) is 6.54 Å². The van der Waals surface area contributed by atoms with Gasteiger partial charge in [-0.15, -0.1) is 0 Å². The molecular weight excluding hydrogens is 365 g/mol. The first-order chi connectivity index (χ1) is 12.4. The number of ether oxygens (including phenoxy) is 1. The number of hydrogen-bond donors (Lipinski definition) is 2. The molecule has 1 fully saturated rings. The molecule has 0 aliphatic carbocycles. The quantitative estimate of drug-likeness (QED) is 0.849. The summed E-state index contributed by atoms with van der Waals surface area (Å²) in [6.07, 6.45) is -0.391. The van der Waals surface area contributed by atoms with Crippen molar-refractivity contribution in [1.82, 2.24) is 10.2 Å². The molecular formula is C17H17ClFN3O4. The maximum atomic E-state index is 13.3. The molecule has 1 atom stereocenters. The van der Waals surface area contributed by atoms with Crippen LogP contribution in [0.15, 0.2) is 34.7 Å². The van der Waals surface area contributed by atoms with E-state index in [1.807, 2.05) is 0 Å². The zero-order valence-electron chi connectivity index (χ0n) is 13.7. The number of halogens is 2. The molecule has 2 aromatic rings. The average molecular weight is 382 g/mol. The third-order valence-electron chi connectivity index (χ3n) is 3.99. The number of amides is 3. The fourth-order valence-electron chi connectivity index (χ4n) is 2.63. The normalized spacial score (nSPS) is 17.2. The van der Waals surface area contributed by atoms with Crippen molar-refractivity contribution in [3.05, 3.63) is 58.3 Å². The van der Waals surface area contributed by atoms with Gasteiger partial charge in [-0.2, -0.15) is 0 Å². The van der Waals surface area contributed by atoms with E-state index in [4.69, 9.17) is 26.5 Å². The van der Waals surface area contributed by atoms with E-state index in [1.165, 1.54) is 18.2 Å². The summed E-state index contributed by atoms with van der Waals surface area (Å²) in [6.45, 7) is 1.19. The first-order valence-corrected chi connectivity index (χ1v) is 8.29. The van der Waals surface area contributed by atoms with Gasteiger partial charge in [0.2, 0.25) is 0 Å². The van der Waals surface area contributed by atoms with Gasteiger partial charge in [0.1, 0.15) is 17.7 Å². The van der Waals surface area contributed by atoms with Gasteiger partial charge in [-0.3, -0.25) is 4.79 Å². The Kier molecular flexibility index (Phi) is 5.43. The summed E-state index contributed by atoms with van der Waals surface area (Å²) in [6, 6.07) is 7.07. The number of nitrogens with two attached hydrogens (primary N) is 1. The van der Waals surface area contributed by atoms with Crippen LogP contribution in [0.2, 0.25) is 5.02 Å². The second-order valence-corrected chi connectivity index (χ2v) is 6.18. The molecule has 0 unspecified atom stereocenters. The van der Waals surface area contributed by atoms with Crippen LogP contribution in [-0.2, 0) is 11.3 Å². The van der Waals surface area contributed by atoms with E-state index >= 15 is 0 Å². The lowest BCUT2D eigenvalue weighted by molar-refractivity contribution is -0.0155. The summed E-state index contributed by atoms with van der Waals surface area (Å²) in [5.41, 5.74) is 5.82. The number of carbonyl (C=O) groups is 2. The van der Waals surface area contributed by atoms with Crippen molar-refractivity contribution in [2.24, 2.45) is 5.73 Å². The number of urea groups is 1. The SMILES string of the molecule is NC(=O)c1ccc(CNC(=O)N2CCO[C@@H](c3ccc(F)c(Cl)c3)C2)o1. The summed E-state index contributed by atoms with van der Waals surface area (Å²) in [5, 5.41) is 2.72. The Balaban J connectivity index is 1.58. The number of nitrogens with zero attached hydrogens (tertiary/aromatic N) is 1. The summed E-state index contributed by atoms with van der Waals surface area (Å²) >= 11 is 5.81. The van der Waals surface area contributed by atoms with Crippen LogP contribution in [0.25, 0.3) is 0 Å². The number of nitrogens with one attached hydrogen (secondary N) is 1.